The van der Waals surface area contributed by atoms with Crippen molar-refractivity contribution in [3.63, 3.8) is 0 Å². The lowest BCUT2D eigenvalue weighted by atomic mass is 9.92. The Morgan fingerprint density at radius 2 is 2.17 bits per heavy atom. The average Bonchev–Trinajstić information content (AvgIpc) is 3.20. The second-order valence-electron chi connectivity index (χ2n) is 6.05. The maximum absolute atomic E-state index is 12.4. The van der Waals surface area contributed by atoms with Gasteiger partial charge in [0.1, 0.15) is 10.7 Å². The van der Waals surface area contributed by atoms with E-state index < -0.39 is 6.04 Å². The van der Waals surface area contributed by atoms with Crippen molar-refractivity contribution in [3.8, 4) is 0 Å². The fraction of sp³-hybridized carbons (Fsp3) is 0.389. The molecular weight excluding hydrogens is 370 g/mol. The molecular formula is C18H18BrN3O2. The summed E-state index contributed by atoms with van der Waals surface area (Å²) >= 11 is 3.72. The molecule has 0 bridgehead atoms. The van der Waals surface area contributed by atoms with Gasteiger partial charge >= 0.3 is 5.97 Å². The lowest BCUT2D eigenvalue weighted by molar-refractivity contribution is -0.146. The topological polar surface area (TPSA) is 54.3 Å². The Labute approximate surface area is 149 Å². The molecule has 2 aliphatic heterocycles. The third-order valence-electron chi connectivity index (χ3n) is 4.64. The predicted octanol–water partition coefficient (Wildman–Crippen LogP) is 2.76. The van der Waals surface area contributed by atoms with E-state index in [-0.39, 0.29) is 22.8 Å². The second kappa shape index (κ2) is 6.16. The van der Waals surface area contributed by atoms with Crippen LogP contribution in [0.25, 0.3) is 0 Å². The van der Waals surface area contributed by atoms with Crippen LogP contribution < -0.4 is 0 Å². The Morgan fingerprint density at radius 1 is 1.38 bits per heavy atom. The van der Waals surface area contributed by atoms with Crippen LogP contribution in [0.1, 0.15) is 18.9 Å². The van der Waals surface area contributed by atoms with E-state index in [0.717, 1.165) is 23.5 Å². The fourth-order valence-corrected chi connectivity index (χ4v) is 4.23. The number of hydrogen-bond acceptors (Lipinski definition) is 5. The zero-order valence-electron chi connectivity index (χ0n) is 13.3. The molecule has 4 unspecified atom stereocenters. The van der Waals surface area contributed by atoms with Gasteiger partial charge in [-0.2, -0.15) is 5.10 Å². The van der Waals surface area contributed by atoms with E-state index in [1.807, 2.05) is 42.3 Å². The molecule has 0 N–H and O–H groups in total. The molecule has 1 aromatic carbocycles. The number of alkyl halides is 1. The SMILES string of the molecule is CCOC(=O)C1N=C2C(Br)C(c3ccccc3)=NN2C2CC=CC12. The minimum absolute atomic E-state index is 0.0198. The number of carbonyl (C=O) groups is 1. The third-order valence-corrected chi connectivity index (χ3v) is 5.49. The largest absolute Gasteiger partial charge is 0.464 e. The van der Waals surface area contributed by atoms with Gasteiger partial charge < -0.3 is 4.74 Å². The van der Waals surface area contributed by atoms with Crippen LogP contribution in [0.3, 0.4) is 0 Å². The van der Waals surface area contributed by atoms with E-state index in [4.69, 9.17) is 14.8 Å². The molecule has 0 amide bonds. The first-order valence-electron chi connectivity index (χ1n) is 8.19. The Hall–Kier alpha value is -1.95. The van der Waals surface area contributed by atoms with Gasteiger partial charge in [-0.3, -0.25) is 4.99 Å². The molecule has 0 radical (unpaired) electrons. The Balaban J connectivity index is 1.72. The molecule has 0 saturated carbocycles. The number of esters is 1. The number of aliphatic imine (C=N–C) groups is 1. The first kappa shape index (κ1) is 15.6. The molecule has 24 heavy (non-hydrogen) atoms. The highest BCUT2D eigenvalue weighted by Gasteiger charge is 2.48. The van der Waals surface area contributed by atoms with E-state index in [1.165, 1.54) is 0 Å². The van der Waals surface area contributed by atoms with Gasteiger partial charge in [-0.15, -0.1) is 0 Å². The molecule has 2 heterocycles. The van der Waals surface area contributed by atoms with Gasteiger partial charge in [0.25, 0.3) is 0 Å². The van der Waals surface area contributed by atoms with Crippen LogP contribution in [0.15, 0.2) is 52.6 Å². The van der Waals surface area contributed by atoms with Gasteiger partial charge in [0.15, 0.2) is 6.04 Å². The Kier molecular flexibility index (Phi) is 4.00. The number of nitrogens with zero attached hydrogens (tertiary/aromatic N) is 3. The average molecular weight is 388 g/mol. The summed E-state index contributed by atoms with van der Waals surface area (Å²) in [6.45, 7) is 2.19. The van der Waals surface area contributed by atoms with Crippen LogP contribution in [0, 0.1) is 5.92 Å². The molecule has 0 fully saturated rings. The van der Waals surface area contributed by atoms with Crippen molar-refractivity contribution in [1.29, 1.82) is 0 Å². The predicted molar refractivity (Wildman–Crippen MR) is 96.4 cm³/mol. The van der Waals surface area contributed by atoms with Gasteiger partial charge in [-0.1, -0.05) is 58.4 Å². The Bertz CT molecular complexity index is 744. The van der Waals surface area contributed by atoms with Crippen molar-refractivity contribution >= 4 is 33.4 Å². The fourth-order valence-electron chi connectivity index (χ4n) is 3.54. The van der Waals surface area contributed by atoms with E-state index in [1.54, 1.807) is 0 Å². The monoisotopic (exact) mass is 387 g/mol. The summed E-state index contributed by atoms with van der Waals surface area (Å²) in [4.78, 5) is 17.0. The van der Waals surface area contributed by atoms with Crippen LogP contribution in [0.2, 0.25) is 0 Å². The molecule has 1 aromatic rings. The van der Waals surface area contributed by atoms with Crippen LogP contribution in [-0.4, -0.2) is 46.0 Å². The van der Waals surface area contributed by atoms with Gasteiger partial charge in [0, 0.05) is 5.92 Å². The van der Waals surface area contributed by atoms with Gasteiger partial charge in [0.2, 0.25) is 0 Å². The maximum Gasteiger partial charge on any atom is 0.331 e. The standard InChI is InChI=1S/C18H18BrN3O2/c1-2-24-18(23)16-12-9-6-10-13(12)22-17(20-16)14(19)15(21-22)11-7-4-3-5-8-11/h3-9,12-14,16H,2,10H2,1H3. The van der Waals surface area contributed by atoms with Gasteiger partial charge in [0.05, 0.1) is 18.4 Å². The number of rotatable bonds is 3. The second-order valence-corrected chi connectivity index (χ2v) is 6.97. The quantitative estimate of drug-likeness (QED) is 0.455. The summed E-state index contributed by atoms with van der Waals surface area (Å²) in [6, 6.07) is 9.72. The minimum atomic E-state index is -0.481. The van der Waals surface area contributed by atoms with Gasteiger partial charge in [-0.25, -0.2) is 9.80 Å². The number of amidine groups is 1. The lowest BCUT2D eigenvalue weighted by Crippen LogP contribution is -2.50. The van der Waals surface area contributed by atoms with Crippen LogP contribution >= 0.6 is 15.9 Å². The number of ether oxygens (including phenoxy) is 1. The van der Waals surface area contributed by atoms with Crippen molar-refractivity contribution in [2.75, 3.05) is 6.61 Å². The normalized spacial score (nSPS) is 30.5. The summed E-state index contributed by atoms with van der Waals surface area (Å²) in [7, 11) is 0. The van der Waals surface area contributed by atoms with Gasteiger partial charge in [-0.05, 0) is 18.9 Å². The van der Waals surface area contributed by atoms with Crippen molar-refractivity contribution in [2.24, 2.45) is 16.0 Å². The van der Waals surface area contributed by atoms with Crippen molar-refractivity contribution in [2.45, 2.75) is 30.3 Å². The van der Waals surface area contributed by atoms with E-state index in [9.17, 15) is 4.79 Å². The van der Waals surface area contributed by atoms with Crippen molar-refractivity contribution in [3.05, 3.63) is 48.0 Å². The summed E-state index contributed by atoms with van der Waals surface area (Å²) in [5.41, 5.74) is 2.00. The number of hydrogen-bond donors (Lipinski definition) is 0. The molecule has 1 aliphatic carbocycles. The van der Waals surface area contributed by atoms with Crippen LogP contribution in [-0.2, 0) is 9.53 Å². The number of benzene rings is 1. The summed E-state index contributed by atoms with van der Waals surface area (Å²) < 4.78 is 5.23. The number of hydrazone groups is 1. The maximum atomic E-state index is 12.4. The smallest absolute Gasteiger partial charge is 0.331 e. The Morgan fingerprint density at radius 3 is 2.92 bits per heavy atom. The molecule has 0 spiro atoms. The minimum Gasteiger partial charge on any atom is -0.464 e. The highest BCUT2D eigenvalue weighted by atomic mass is 79.9. The first-order valence-corrected chi connectivity index (χ1v) is 9.10. The van der Waals surface area contributed by atoms with E-state index in [2.05, 4.69) is 28.1 Å². The number of fused-ring (bicyclic) bond motifs is 3. The molecule has 4 rings (SSSR count). The van der Waals surface area contributed by atoms with E-state index in [0.29, 0.717) is 6.61 Å². The number of carbonyl (C=O) groups excluding carboxylic acids is 1. The molecule has 4 atom stereocenters. The highest BCUT2D eigenvalue weighted by molar-refractivity contribution is 9.10. The number of halogens is 1. The molecule has 0 saturated heterocycles. The summed E-state index contributed by atoms with van der Waals surface area (Å²) in [6.07, 6.45) is 5.05. The molecule has 5 nitrogen and oxygen atoms in total. The van der Waals surface area contributed by atoms with Crippen molar-refractivity contribution in [1.82, 2.24) is 5.01 Å². The zero-order chi connectivity index (χ0) is 16.7. The molecule has 0 aromatic heterocycles. The zero-order valence-corrected chi connectivity index (χ0v) is 14.9. The summed E-state index contributed by atoms with van der Waals surface area (Å²) in [5, 5.41) is 6.81. The highest BCUT2D eigenvalue weighted by Crippen LogP contribution is 2.38. The third kappa shape index (κ3) is 2.40. The van der Waals surface area contributed by atoms with Crippen LogP contribution in [0.5, 0.6) is 0 Å². The van der Waals surface area contributed by atoms with Crippen molar-refractivity contribution < 1.29 is 9.53 Å². The van der Waals surface area contributed by atoms with Crippen LogP contribution in [0.4, 0.5) is 0 Å². The molecule has 6 heteroatoms. The summed E-state index contributed by atoms with van der Waals surface area (Å²) in [5.74, 6) is 0.572. The van der Waals surface area contributed by atoms with E-state index >= 15 is 0 Å². The molecule has 124 valence electrons. The molecule has 3 aliphatic rings. The first-order chi connectivity index (χ1) is 11.7. The lowest BCUT2D eigenvalue weighted by Gasteiger charge is -2.36.